The molecule has 0 atom stereocenters. The van der Waals surface area contributed by atoms with Crippen LogP contribution in [0.5, 0.6) is 0 Å². The fraction of sp³-hybridized carbons (Fsp3) is 0.125. The Morgan fingerprint density at radius 2 is 1.66 bits per heavy atom. The molecular formula is C24H19N3O2. The van der Waals surface area contributed by atoms with Crippen molar-refractivity contribution in [2.75, 3.05) is 4.90 Å². The van der Waals surface area contributed by atoms with Crippen molar-refractivity contribution in [2.24, 2.45) is 7.05 Å². The second-order valence-electron chi connectivity index (χ2n) is 7.13. The predicted octanol–water partition coefficient (Wildman–Crippen LogP) is 4.24. The third-order valence-electron chi connectivity index (χ3n) is 5.33. The Hall–Kier alpha value is -3.91. The molecule has 0 spiro atoms. The second kappa shape index (κ2) is 6.92. The first-order valence-corrected chi connectivity index (χ1v) is 9.25. The van der Waals surface area contributed by atoms with E-state index in [0.717, 1.165) is 16.8 Å². The fourth-order valence-corrected chi connectivity index (χ4v) is 3.63. The highest BCUT2D eigenvalue weighted by atomic mass is 16.2. The van der Waals surface area contributed by atoms with Crippen molar-refractivity contribution in [1.82, 2.24) is 4.57 Å². The van der Waals surface area contributed by atoms with Crippen LogP contribution in [0.25, 0.3) is 11.6 Å². The molecule has 2 amide bonds. The Morgan fingerprint density at radius 1 is 0.931 bits per heavy atom. The van der Waals surface area contributed by atoms with E-state index in [-0.39, 0.29) is 11.8 Å². The monoisotopic (exact) mass is 381 g/mol. The Kier molecular flexibility index (Phi) is 4.40. The maximum absolute atomic E-state index is 13.5. The van der Waals surface area contributed by atoms with Gasteiger partial charge in [0.05, 0.1) is 5.69 Å². The number of aromatic nitrogens is 1. The molecule has 2 heterocycles. The highest BCUT2D eigenvalue weighted by molar-refractivity contribution is 6.43. The summed E-state index contributed by atoms with van der Waals surface area (Å²) in [6.45, 7) is 3.82. The maximum Gasteiger partial charge on any atom is 0.265 e. The average Bonchev–Trinajstić information content (AvgIpc) is 2.99. The summed E-state index contributed by atoms with van der Waals surface area (Å²) >= 11 is 0. The molecule has 0 fully saturated rings. The molecule has 0 saturated carbocycles. The van der Waals surface area contributed by atoms with E-state index in [4.69, 9.17) is 0 Å². The summed E-state index contributed by atoms with van der Waals surface area (Å²) in [5.74, 6) is -0.711. The van der Waals surface area contributed by atoms with Gasteiger partial charge in [-0.3, -0.25) is 9.59 Å². The minimum Gasteiger partial charge on any atom is -0.339 e. The SMILES string of the molecule is Cc1cccc(N2C(=O)/C(=C/c3cc(C#N)n(C)c3C)c3ccccc3C2=O)c1. The molecule has 2 aromatic carbocycles. The summed E-state index contributed by atoms with van der Waals surface area (Å²) in [4.78, 5) is 27.8. The predicted molar refractivity (Wildman–Crippen MR) is 112 cm³/mol. The second-order valence-corrected chi connectivity index (χ2v) is 7.13. The van der Waals surface area contributed by atoms with Gasteiger partial charge in [0.2, 0.25) is 0 Å². The zero-order valence-electron chi connectivity index (χ0n) is 16.4. The molecule has 3 aromatic rings. The van der Waals surface area contributed by atoms with Crippen LogP contribution in [0.3, 0.4) is 0 Å². The van der Waals surface area contributed by atoms with Gasteiger partial charge in [-0.15, -0.1) is 0 Å². The summed E-state index contributed by atoms with van der Waals surface area (Å²) < 4.78 is 1.79. The van der Waals surface area contributed by atoms with Crippen LogP contribution >= 0.6 is 0 Å². The molecule has 5 nitrogen and oxygen atoms in total. The molecule has 0 radical (unpaired) electrons. The molecule has 29 heavy (non-hydrogen) atoms. The minimum atomic E-state index is -0.374. The van der Waals surface area contributed by atoms with E-state index in [0.29, 0.717) is 28.1 Å². The van der Waals surface area contributed by atoms with Crippen LogP contribution in [0.1, 0.15) is 38.4 Å². The number of benzene rings is 2. The van der Waals surface area contributed by atoms with Crippen LogP contribution in [0.2, 0.25) is 0 Å². The Morgan fingerprint density at radius 3 is 2.31 bits per heavy atom. The number of nitrogens with zero attached hydrogens (tertiary/aromatic N) is 3. The number of amides is 2. The summed E-state index contributed by atoms with van der Waals surface area (Å²) in [5.41, 5.74) is 5.19. The smallest absolute Gasteiger partial charge is 0.265 e. The first-order valence-electron chi connectivity index (χ1n) is 9.25. The molecule has 0 N–H and O–H groups in total. The summed E-state index contributed by atoms with van der Waals surface area (Å²) in [7, 11) is 1.81. The largest absolute Gasteiger partial charge is 0.339 e. The summed E-state index contributed by atoms with van der Waals surface area (Å²) in [5, 5.41) is 9.31. The van der Waals surface area contributed by atoms with E-state index in [1.807, 2.05) is 45.2 Å². The third-order valence-corrected chi connectivity index (χ3v) is 5.33. The van der Waals surface area contributed by atoms with Gasteiger partial charge >= 0.3 is 0 Å². The Balaban J connectivity index is 1.94. The van der Waals surface area contributed by atoms with Crippen LogP contribution in [-0.4, -0.2) is 16.4 Å². The normalized spacial score (nSPS) is 14.8. The molecule has 1 aliphatic rings. The number of anilines is 1. The van der Waals surface area contributed by atoms with Gasteiger partial charge in [-0.05, 0) is 60.9 Å². The van der Waals surface area contributed by atoms with E-state index < -0.39 is 0 Å². The molecule has 0 bridgehead atoms. The number of hydrogen-bond acceptors (Lipinski definition) is 3. The number of carbonyl (C=O) groups excluding carboxylic acids is 2. The van der Waals surface area contributed by atoms with E-state index in [1.165, 1.54) is 4.90 Å². The molecule has 0 unspecified atom stereocenters. The van der Waals surface area contributed by atoms with Gasteiger partial charge in [-0.1, -0.05) is 30.3 Å². The van der Waals surface area contributed by atoms with Crippen molar-refractivity contribution in [1.29, 1.82) is 5.26 Å². The van der Waals surface area contributed by atoms with Crippen molar-refractivity contribution in [2.45, 2.75) is 13.8 Å². The lowest BCUT2D eigenvalue weighted by Gasteiger charge is -2.29. The number of aryl methyl sites for hydroxylation is 1. The molecule has 0 aliphatic carbocycles. The minimum absolute atomic E-state index is 0.337. The van der Waals surface area contributed by atoms with Gasteiger partial charge in [0.1, 0.15) is 11.8 Å². The molecule has 1 aromatic heterocycles. The zero-order chi connectivity index (χ0) is 20.7. The standard InChI is InChI=1S/C24H19N3O2/c1-15-7-6-8-18(11-15)27-23(28)21-10-5-4-9-20(21)22(24(27)29)13-17-12-19(14-25)26(3)16(17)2/h4-13H,1-3H3/b22-13+. The van der Waals surface area contributed by atoms with Gasteiger partial charge in [-0.25, -0.2) is 4.90 Å². The lowest BCUT2D eigenvalue weighted by atomic mass is 9.91. The molecule has 5 heteroatoms. The van der Waals surface area contributed by atoms with E-state index in [9.17, 15) is 14.9 Å². The molecular weight excluding hydrogens is 362 g/mol. The van der Waals surface area contributed by atoms with E-state index in [1.54, 1.807) is 41.0 Å². The summed E-state index contributed by atoms with van der Waals surface area (Å²) in [6.07, 6.45) is 1.77. The highest BCUT2D eigenvalue weighted by Crippen LogP contribution is 2.34. The van der Waals surface area contributed by atoms with Crippen molar-refractivity contribution in [3.05, 3.63) is 88.2 Å². The van der Waals surface area contributed by atoms with Crippen molar-refractivity contribution in [3.63, 3.8) is 0 Å². The van der Waals surface area contributed by atoms with Crippen LogP contribution in [0, 0.1) is 25.2 Å². The zero-order valence-corrected chi connectivity index (χ0v) is 16.4. The van der Waals surface area contributed by atoms with E-state index >= 15 is 0 Å². The molecule has 1 aliphatic heterocycles. The van der Waals surface area contributed by atoms with Gasteiger partial charge in [0, 0.05) is 23.9 Å². The fourth-order valence-electron chi connectivity index (χ4n) is 3.63. The quantitative estimate of drug-likeness (QED) is 0.493. The lowest BCUT2D eigenvalue weighted by Crippen LogP contribution is -2.41. The van der Waals surface area contributed by atoms with Crippen molar-refractivity contribution >= 4 is 29.2 Å². The Labute approximate surface area is 169 Å². The van der Waals surface area contributed by atoms with Crippen molar-refractivity contribution < 1.29 is 9.59 Å². The molecule has 142 valence electrons. The number of fused-ring (bicyclic) bond motifs is 1. The van der Waals surface area contributed by atoms with Crippen molar-refractivity contribution in [3.8, 4) is 6.07 Å². The number of hydrogen-bond donors (Lipinski definition) is 0. The lowest BCUT2D eigenvalue weighted by molar-refractivity contribution is -0.112. The maximum atomic E-state index is 13.5. The molecule has 4 rings (SSSR count). The average molecular weight is 381 g/mol. The van der Waals surface area contributed by atoms with Crippen LogP contribution in [-0.2, 0) is 11.8 Å². The van der Waals surface area contributed by atoms with Crippen LogP contribution in [0.4, 0.5) is 5.69 Å². The Bertz CT molecular complexity index is 1240. The first-order chi connectivity index (χ1) is 13.9. The van der Waals surface area contributed by atoms with Gasteiger partial charge < -0.3 is 4.57 Å². The van der Waals surface area contributed by atoms with Gasteiger partial charge in [0.25, 0.3) is 11.8 Å². The van der Waals surface area contributed by atoms with E-state index in [2.05, 4.69) is 6.07 Å². The summed E-state index contributed by atoms with van der Waals surface area (Å²) in [6, 6.07) is 18.4. The van der Waals surface area contributed by atoms with Gasteiger partial charge in [-0.2, -0.15) is 5.26 Å². The van der Waals surface area contributed by atoms with Crippen LogP contribution < -0.4 is 4.90 Å². The number of nitriles is 1. The van der Waals surface area contributed by atoms with Crippen LogP contribution in [0.15, 0.2) is 54.6 Å². The molecule has 0 saturated heterocycles. The number of imide groups is 1. The van der Waals surface area contributed by atoms with Gasteiger partial charge in [0.15, 0.2) is 0 Å². The topological polar surface area (TPSA) is 66.1 Å². The number of rotatable bonds is 2. The first kappa shape index (κ1) is 18.5. The number of carbonyl (C=O) groups is 2. The highest BCUT2D eigenvalue weighted by Gasteiger charge is 2.35. The third kappa shape index (κ3) is 2.95.